The summed E-state index contributed by atoms with van der Waals surface area (Å²) < 4.78 is 0. The summed E-state index contributed by atoms with van der Waals surface area (Å²) in [6.07, 6.45) is 0.835. The SMILES string of the molecule is Cc1cc(C)c(O)c(NC(=O)C2(C(C)C)CCNC2)c1. The fraction of sp³-hybridized carbons (Fsp3) is 0.562. The molecule has 4 nitrogen and oxygen atoms in total. The topological polar surface area (TPSA) is 61.4 Å². The molecular formula is C16H24N2O2. The van der Waals surface area contributed by atoms with Crippen LogP contribution in [0.5, 0.6) is 5.75 Å². The number of anilines is 1. The highest BCUT2D eigenvalue weighted by atomic mass is 16.3. The number of hydrogen-bond acceptors (Lipinski definition) is 3. The first-order valence-corrected chi connectivity index (χ1v) is 7.19. The highest BCUT2D eigenvalue weighted by Crippen LogP contribution is 2.37. The Balaban J connectivity index is 2.27. The molecule has 1 aromatic rings. The van der Waals surface area contributed by atoms with E-state index >= 15 is 0 Å². The van der Waals surface area contributed by atoms with Crippen molar-refractivity contribution >= 4 is 11.6 Å². The molecule has 0 aliphatic carbocycles. The van der Waals surface area contributed by atoms with E-state index in [0.29, 0.717) is 12.2 Å². The van der Waals surface area contributed by atoms with Crippen molar-refractivity contribution in [2.24, 2.45) is 11.3 Å². The van der Waals surface area contributed by atoms with Crippen molar-refractivity contribution < 1.29 is 9.90 Å². The number of aryl methyl sites for hydroxylation is 2. The van der Waals surface area contributed by atoms with Gasteiger partial charge in [0.2, 0.25) is 5.91 Å². The summed E-state index contributed by atoms with van der Waals surface area (Å²) in [6, 6.07) is 3.72. The first-order chi connectivity index (χ1) is 9.36. The zero-order valence-electron chi connectivity index (χ0n) is 12.7. The van der Waals surface area contributed by atoms with E-state index in [1.807, 2.05) is 26.0 Å². The standard InChI is InChI=1S/C16H24N2O2/c1-10(2)16(5-6-17-9-16)15(20)18-13-8-11(3)7-12(4)14(13)19/h7-8,10,17,19H,5-6,9H2,1-4H3,(H,18,20). The third-order valence-corrected chi connectivity index (χ3v) is 4.44. The van der Waals surface area contributed by atoms with Gasteiger partial charge in [-0.3, -0.25) is 4.79 Å². The van der Waals surface area contributed by atoms with Crippen molar-refractivity contribution in [3.63, 3.8) is 0 Å². The van der Waals surface area contributed by atoms with Gasteiger partial charge in [0.15, 0.2) is 0 Å². The summed E-state index contributed by atoms with van der Waals surface area (Å²) in [5.41, 5.74) is 1.94. The number of nitrogens with one attached hydrogen (secondary N) is 2. The van der Waals surface area contributed by atoms with Crippen LogP contribution in [0.1, 0.15) is 31.4 Å². The van der Waals surface area contributed by atoms with Gasteiger partial charge in [0.1, 0.15) is 5.75 Å². The smallest absolute Gasteiger partial charge is 0.232 e. The zero-order valence-corrected chi connectivity index (χ0v) is 12.7. The van der Waals surface area contributed by atoms with Gasteiger partial charge in [-0.05, 0) is 49.9 Å². The van der Waals surface area contributed by atoms with Gasteiger partial charge in [0.05, 0.1) is 11.1 Å². The second kappa shape index (κ2) is 5.44. The molecule has 1 heterocycles. The molecule has 20 heavy (non-hydrogen) atoms. The van der Waals surface area contributed by atoms with E-state index in [1.54, 1.807) is 0 Å². The molecule has 1 aliphatic heterocycles. The molecule has 1 amide bonds. The van der Waals surface area contributed by atoms with Gasteiger partial charge >= 0.3 is 0 Å². The van der Waals surface area contributed by atoms with Gasteiger partial charge in [-0.15, -0.1) is 0 Å². The first kappa shape index (κ1) is 14.9. The number of hydrogen-bond donors (Lipinski definition) is 3. The molecule has 1 atom stereocenters. The number of aromatic hydroxyl groups is 1. The lowest BCUT2D eigenvalue weighted by molar-refractivity contribution is -0.126. The van der Waals surface area contributed by atoms with Gasteiger partial charge in [-0.25, -0.2) is 0 Å². The number of rotatable bonds is 3. The van der Waals surface area contributed by atoms with Crippen LogP contribution in [0.15, 0.2) is 12.1 Å². The van der Waals surface area contributed by atoms with E-state index in [9.17, 15) is 9.90 Å². The summed E-state index contributed by atoms with van der Waals surface area (Å²) in [7, 11) is 0. The van der Waals surface area contributed by atoms with Gasteiger partial charge in [-0.2, -0.15) is 0 Å². The summed E-state index contributed by atoms with van der Waals surface area (Å²) in [5.74, 6) is 0.414. The average molecular weight is 276 g/mol. The average Bonchev–Trinajstić information content (AvgIpc) is 2.85. The fourth-order valence-electron chi connectivity index (χ4n) is 2.96. The van der Waals surface area contributed by atoms with Crippen LogP contribution in [-0.2, 0) is 4.79 Å². The quantitative estimate of drug-likeness (QED) is 0.744. The lowest BCUT2D eigenvalue weighted by Crippen LogP contribution is -2.42. The van der Waals surface area contributed by atoms with Crippen molar-refractivity contribution in [3.8, 4) is 5.75 Å². The van der Waals surface area contributed by atoms with Crippen molar-refractivity contribution in [2.75, 3.05) is 18.4 Å². The summed E-state index contributed by atoms with van der Waals surface area (Å²) in [6.45, 7) is 9.51. The van der Waals surface area contributed by atoms with Gasteiger partial charge < -0.3 is 15.7 Å². The Labute approximate surface area is 120 Å². The van der Waals surface area contributed by atoms with Gasteiger partial charge in [0.25, 0.3) is 0 Å². The number of carbonyl (C=O) groups is 1. The summed E-state index contributed by atoms with van der Waals surface area (Å²) >= 11 is 0. The summed E-state index contributed by atoms with van der Waals surface area (Å²) in [4.78, 5) is 12.7. The zero-order chi connectivity index (χ0) is 14.9. The van der Waals surface area contributed by atoms with E-state index in [0.717, 1.165) is 24.1 Å². The minimum absolute atomic E-state index is 0.00204. The lowest BCUT2D eigenvalue weighted by Gasteiger charge is -2.31. The maximum Gasteiger partial charge on any atom is 0.232 e. The molecule has 110 valence electrons. The van der Waals surface area contributed by atoms with Crippen molar-refractivity contribution in [1.82, 2.24) is 5.32 Å². The van der Waals surface area contributed by atoms with Crippen molar-refractivity contribution in [2.45, 2.75) is 34.1 Å². The number of phenolic OH excluding ortho intramolecular Hbond substituents is 1. The van der Waals surface area contributed by atoms with E-state index in [1.165, 1.54) is 0 Å². The van der Waals surface area contributed by atoms with Gasteiger partial charge in [0, 0.05) is 6.54 Å². The third-order valence-electron chi connectivity index (χ3n) is 4.44. The Bertz CT molecular complexity index is 517. The van der Waals surface area contributed by atoms with E-state index < -0.39 is 0 Å². The number of phenols is 1. The lowest BCUT2D eigenvalue weighted by atomic mass is 9.75. The molecule has 0 spiro atoms. The Hall–Kier alpha value is -1.55. The highest BCUT2D eigenvalue weighted by Gasteiger charge is 2.44. The van der Waals surface area contributed by atoms with Crippen molar-refractivity contribution in [3.05, 3.63) is 23.3 Å². The molecule has 0 saturated carbocycles. The molecular weight excluding hydrogens is 252 g/mol. The molecule has 2 rings (SSSR count). The van der Waals surface area contributed by atoms with E-state index in [2.05, 4.69) is 24.5 Å². The fourth-order valence-corrected chi connectivity index (χ4v) is 2.96. The second-order valence-corrected chi connectivity index (χ2v) is 6.17. The van der Waals surface area contributed by atoms with Crippen LogP contribution < -0.4 is 10.6 Å². The molecule has 1 aliphatic rings. The van der Waals surface area contributed by atoms with Crippen molar-refractivity contribution in [1.29, 1.82) is 0 Å². The third kappa shape index (κ3) is 2.52. The second-order valence-electron chi connectivity index (χ2n) is 6.17. The Kier molecular flexibility index (Phi) is 4.04. The predicted octanol–water partition coefficient (Wildman–Crippen LogP) is 2.58. The highest BCUT2D eigenvalue weighted by molar-refractivity contribution is 5.97. The maximum absolute atomic E-state index is 12.7. The molecule has 1 unspecified atom stereocenters. The minimum atomic E-state index is -0.385. The molecule has 3 N–H and O–H groups in total. The van der Waals surface area contributed by atoms with Gasteiger partial charge in [-0.1, -0.05) is 19.9 Å². The summed E-state index contributed by atoms with van der Waals surface area (Å²) in [5, 5.41) is 16.3. The molecule has 1 aromatic carbocycles. The number of amides is 1. The predicted molar refractivity (Wildman–Crippen MR) is 81.0 cm³/mol. The Morgan fingerprint density at radius 1 is 1.40 bits per heavy atom. The van der Waals surface area contributed by atoms with Crippen LogP contribution in [0.2, 0.25) is 0 Å². The normalized spacial score (nSPS) is 22.2. The first-order valence-electron chi connectivity index (χ1n) is 7.19. The van der Waals surface area contributed by atoms with Crippen LogP contribution in [0.3, 0.4) is 0 Å². The van der Waals surface area contributed by atoms with E-state index in [4.69, 9.17) is 0 Å². The molecule has 1 saturated heterocycles. The van der Waals surface area contributed by atoms with Crippen LogP contribution in [0.25, 0.3) is 0 Å². The van der Waals surface area contributed by atoms with Crippen LogP contribution in [-0.4, -0.2) is 24.1 Å². The van der Waals surface area contributed by atoms with Crippen LogP contribution in [0.4, 0.5) is 5.69 Å². The molecule has 0 bridgehead atoms. The molecule has 0 aromatic heterocycles. The molecule has 1 fully saturated rings. The number of carbonyl (C=O) groups excluding carboxylic acids is 1. The number of benzene rings is 1. The maximum atomic E-state index is 12.7. The Morgan fingerprint density at radius 3 is 2.65 bits per heavy atom. The molecule has 0 radical (unpaired) electrons. The monoisotopic (exact) mass is 276 g/mol. The van der Waals surface area contributed by atoms with Crippen LogP contribution >= 0.6 is 0 Å². The largest absolute Gasteiger partial charge is 0.505 e. The van der Waals surface area contributed by atoms with Crippen LogP contribution in [0, 0.1) is 25.2 Å². The molecule has 4 heteroatoms. The Morgan fingerprint density at radius 2 is 2.10 bits per heavy atom. The minimum Gasteiger partial charge on any atom is -0.505 e. The van der Waals surface area contributed by atoms with E-state index in [-0.39, 0.29) is 23.0 Å².